The Morgan fingerprint density at radius 2 is 2.04 bits per heavy atom. The third-order valence-electron chi connectivity index (χ3n) is 3.33. The molecule has 7 heteroatoms. The Kier molecular flexibility index (Phi) is 2.97. The maximum Gasteiger partial charge on any atom is 0.227 e. The second kappa shape index (κ2) is 5.13. The summed E-state index contributed by atoms with van der Waals surface area (Å²) in [6.07, 6.45) is 6.40. The van der Waals surface area contributed by atoms with Gasteiger partial charge in [-0.1, -0.05) is 0 Å². The van der Waals surface area contributed by atoms with Crippen LogP contribution in [0.2, 0.25) is 0 Å². The molecule has 0 radical (unpaired) electrons. The minimum Gasteiger partial charge on any atom is -0.452 e. The molecule has 114 valence electrons. The van der Waals surface area contributed by atoms with Crippen LogP contribution in [0, 0.1) is 5.82 Å². The summed E-state index contributed by atoms with van der Waals surface area (Å²) in [5.41, 5.74) is 7.24. The fraction of sp³-hybridized carbons (Fsp3) is 0. The lowest BCUT2D eigenvalue weighted by atomic mass is 10.2. The van der Waals surface area contributed by atoms with Crippen LogP contribution in [0.4, 0.5) is 10.1 Å². The fourth-order valence-electron chi connectivity index (χ4n) is 2.28. The van der Waals surface area contributed by atoms with Crippen molar-refractivity contribution in [3.63, 3.8) is 0 Å². The first kappa shape index (κ1) is 13.3. The highest BCUT2D eigenvalue weighted by Crippen LogP contribution is 2.32. The van der Waals surface area contributed by atoms with Gasteiger partial charge in [-0.25, -0.2) is 13.9 Å². The summed E-state index contributed by atoms with van der Waals surface area (Å²) in [7, 11) is 0. The molecule has 0 aliphatic rings. The molecule has 1 aromatic carbocycles. The van der Waals surface area contributed by atoms with Crippen molar-refractivity contribution in [2.75, 3.05) is 5.73 Å². The van der Waals surface area contributed by atoms with E-state index in [0.717, 1.165) is 0 Å². The van der Waals surface area contributed by atoms with Crippen LogP contribution in [0.1, 0.15) is 0 Å². The maximum absolute atomic E-state index is 14.0. The van der Waals surface area contributed by atoms with E-state index in [4.69, 9.17) is 14.9 Å². The van der Waals surface area contributed by atoms with E-state index in [0.29, 0.717) is 28.4 Å². The highest BCUT2D eigenvalue weighted by molar-refractivity contribution is 5.67. The topological polar surface area (TPSA) is 78.6 Å². The van der Waals surface area contributed by atoms with Crippen molar-refractivity contribution in [1.82, 2.24) is 14.6 Å². The first-order chi connectivity index (χ1) is 11.2. The number of halogens is 1. The minimum atomic E-state index is -0.538. The van der Waals surface area contributed by atoms with Gasteiger partial charge in [-0.3, -0.25) is 0 Å². The fourth-order valence-corrected chi connectivity index (χ4v) is 2.28. The summed E-state index contributed by atoms with van der Waals surface area (Å²) in [6, 6.07) is 7.75. The molecular weight excluding hydrogens is 299 g/mol. The monoisotopic (exact) mass is 310 g/mol. The molecule has 0 amide bonds. The van der Waals surface area contributed by atoms with Gasteiger partial charge in [0.2, 0.25) is 5.89 Å². The summed E-state index contributed by atoms with van der Waals surface area (Å²) in [5.74, 6) is 0.392. The molecule has 6 nitrogen and oxygen atoms in total. The van der Waals surface area contributed by atoms with Crippen LogP contribution in [0.25, 0.3) is 17.0 Å². The number of nitrogens with two attached hydrogens (primary N) is 1. The molecule has 4 rings (SSSR count). The van der Waals surface area contributed by atoms with E-state index < -0.39 is 5.82 Å². The van der Waals surface area contributed by atoms with Gasteiger partial charge in [0.25, 0.3) is 0 Å². The SMILES string of the molecule is Nc1ccc(Oc2cc(-c3ncco3)cn3nccc23)c(F)c1. The lowest BCUT2D eigenvalue weighted by molar-refractivity contribution is 0.444. The molecule has 0 spiro atoms. The van der Waals surface area contributed by atoms with Gasteiger partial charge < -0.3 is 14.9 Å². The number of fused-ring (bicyclic) bond motifs is 1. The number of rotatable bonds is 3. The molecule has 3 aromatic heterocycles. The Morgan fingerprint density at radius 3 is 2.83 bits per heavy atom. The standard InChI is InChI=1S/C16H11FN4O2/c17-12-8-11(18)1-2-14(12)23-15-7-10(16-19-5-6-22-16)9-21-13(15)3-4-20-21/h1-9H,18H2. The third kappa shape index (κ3) is 2.38. The molecular formula is C16H11FN4O2. The van der Waals surface area contributed by atoms with Crippen LogP contribution in [-0.2, 0) is 0 Å². The van der Waals surface area contributed by atoms with Gasteiger partial charge in [0.1, 0.15) is 11.8 Å². The highest BCUT2D eigenvalue weighted by Gasteiger charge is 2.13. The molecule has 0 aliphatic carbocycles. The molecule has 0 bridgehead atoms. The number of nitrogen functional groups attached to an aromatic ring is 1. The van der Waals surface area contributed by atoms with E-state index in [9.17, 15) is 4.39 Å². The van der Waals surface area contributed by atoms with Crippen LogP contribution in [0.3, 0.4) is 0 Å². The molecule has 0 saturated carbocycles. The van der Waals surface area contributed by atoms with Crippen molar-refractivity contribution in [3.05, 3.63) is 61.0 Å². The van der Waals surface area contributed by atoms with Crippen LogP contribution < -0.4 is 10.5 Å². The Labute approximate surface area is 129 Å². The third-order valence-corrected chi connectivity index (χ3v) is 3.33. The lowest BCUT2D eigenvalue weighted by Gasteiger charge is -2.10. The summed E-state index contributed by atoms with van der Waals surface area (Å²) in [4.78, 5) is 4.10. The average molecular weight is 310 g/mol. The van der Waals surface area contributed by atoms with Gasteiger partial charge in [0.15, 0.2) is 17.3 Å². The number of aromatic nitrogens is 3. The van der Waals surface area contributed by atoms with Crippen molar-refractivity contribution < 1.29 is 13.5 Å². The second-order valence-electron chi connectivity index (χ2n) is 4.88. The number of benzene rings is 1. The zero-order valence-electron chi connectivity index (χ0n) is 11.8. The number of hydrogen-bond acceptors (Lipinski definition) is 5. The van der Waals surface area contributed by atoms with Gasteiger partial charge in [0, 0.05) is 18.0 Å². The van der Waals surface area contributed by atoms with E-state index in [1.54, 1.807) is 41.3 Å². The van der Waals surface area contributed by atoms with Crippen LogP contribution >= 0.6 is 0 Å². The van der Waals surface area contributed by atoms with E-state index in [2.05, 4.69) is 10.1 Å². The molecule has 23 heavy (non-hydrogen) atoms. The smallest absolute Gasteiger partial charge is 0.227 e. The molecule has 2 N–H and O–H groups in total. The summed E-state index contributed by atoms with van der Waals surface area (Å²) < 4.78 is 26.6. The molecule has 0 unspecified atom stereocenters. The quantitative estimate of drug-likeness (QED) is 0.586. The van der Waals surface area contributed by atoms with Gasteiger partial charge in [-0.2, -0.15) is 5.10 Å². The predicted octanol–water partition coefficient (Wildman–Crippen LogP) is 3.50. The van der Waals surface area contributed by atoms with Crippen molar-refractivity contribution >= 4 is 11.2 Å². The minimum absolute atomic E-state index is 0.0758. The molecule has 0 atom stereocenters. The van der Waals surface area contributed by atoms with E-state index in [-0.39, 0.29) is 5.75 Å². The van der Waals surface area contributed by atoms with Crippen molar-refractivity contribution in [2.24, 2.45) is 0 Å². The Balaban J connectivity index is 1.83. The largest absolute Gasteiger partial charge is 0.452 e. The number of pyridine rings is 1. The van der Waals surface area contributed by atoms with Crippen molar-refractivity contribution in [2.45, 2.75) is 0 Å². The maximum atomic E-state index is 14.0. The molecule has 0 aliphatic heterocycles. The highest BCUT2D eigenvalue weighted by atomic mass is 19.1. The number of ether oxygens (including phenoxy) is 1. The normalized spacial score (nSPS) is 11.0. The van der Waals surface area contributed by atoms with Gasteiger partial charge >= 0.3 is 0 Å². The van der Waals surface area contributed by atoms with Crippen molar-refractivity contribution in [3.8, 4) is 23.0 Å². The Hall–Kier alpha value is -3.35. The number of oxazole rings is 1. The van der Waals surface area contributed by atoms with Crippen molar-refractivity contribution in [1.29, 1.82) is 0 Å². The van der Waals surface area contributed by atoms with Crippen LogP contribution in [-0.4, -0.2) is 14.6 Å². The summed E-state index contributed by atoms with van der Waals surface area (Å²) >= 11 is 0. The average Bonchev–Trinajstić information content (AvgIpc) is 3.20. The van der Waals surface area contributed by atoms with E-state index in [1.165, 1.54) is 18.4 Å². The first-order valence-corrected chi connectivity index (χ1v) is 6.81. The molecule has 0 fully saturated rings. The predicted molar refractivity (Wildman–Crippen MR) is 81.6 cm³/mol. The summed E-state index contributed by atoms with van der Waals surface area (Å²) in [5, 5.41) is 4.18. The zero-order valence-corrected chi connectivity index (χ0v) is 11.8. The zero-order chi connectivity index (χ0) is 15.8. The van der Waals surface area contributed by atoms with Gasteiger partial charge in [-0.15, -0.1) is 0 Å². The molecule has 3 heterocycles. The van der Waals surface area contributed by atoms with Gasteiger partial charge in [-0.05, 0) is 24.3 Å². The number of nitrogens with zero attached hydrogens (tertiary/aromatic N) is 3. The lowest BCUT2D eigenvalue weighted by Crippen LogP contribution is -1.95. The number of anilines is 1. The van der Waals surface area contributed by atoms with E-state index >= 15 is 0 Å². The summed E-state index contributed by atoms with van der Waals surface area (Å²) in [6.45, 7) is 0. The van der Waals surface area contributed by atoms with Crippen LogP contribution in [0.15, 0.2) is 59.6 Å². The van der Waals surface area contributed by atoms with Gasteiger partial charge in [0.05, 0.1) is 18.0 Å². The van der Waals surface area contributed by atoms with E-state index in [1.807, 2.05) is 0 Å². The van der Waals surface area contributed by atoms with Crippen LogP contribution in [0.5, 0.6) is 11.5 Å². The second-order valence-corrected chi connectivity index (χ2v) is 4.88. The first-order valence-electron chi connectivity index (χ1n) is 6.81. The molecule has 0 saturated heterocycles. The number of hydrogen-bond donors (Lipinski definition) is 1. The Bertz CT molecular complexity index is 979. The Morgan fingerprint density at radius 1 is 1.13 bits per heavy atom. The molecule has 4 aromatic rings.